The van der Waals surface area contributed by atoms with E-state index < -0.39 is 26.7 Å². The predicted molar refractivity (Wildman–Crippen MR) is 101 cm³/mol. The van der Waals surface area contributed by atoms with Gasteiger partial charge in [0.15, 0.2) is 0 Å². The van der Waals surface area contributed by atoms with Crippen molar-refractivity contribution in [3.63, 3.8) is 0 Å². The molecule has 0 spiro atoms. The van der Waals surface area contributed by atoms with Crippen LogP contribution in [0.3, 0.4) is 0 Å². The van der Waals surface area contributed by atoms with E-state index >= 15 is 0 Å². The number of hydrogen-bond acceptors (Lipinski definition) is 6. The van der Waals surface area contributed by atoms with Gasteiger partial charge in [-0.1, -0.05) is 0 Å². The average Bonchev–Trinajstić information content (AvgIpc) is 2.38. The van der Waals surface area contributed by atoms with Crippen molar-refractivity contribution in [1.82, 2.24) is 0 Å². The molecule has 2 unspecified atom stereocenters. The lowest BCUT2D eigenvalue weighted by Crippen LogP contribution is -2.26. The van der Waals surface area contributed by atoms with Crippen molar-refractivity contribution in [3.05, 3.63) is 0 Å². The summed E-state index contributed by atoms with van der Waals surface area (Å²) in [5, 5.41) is 0. The minimum absolute atomic E-state index is 0.0858. The quantitative estimate of drug-likeness (QED) is 0.299. The van der Waals surface area contributed by atoms with Crippen LogP contribution < -0.4 is 11.0 Å². The topological polar surface area (TPSA) is 179 Å². The Balaban J connectivity index is 4.12. The second kappa shape index (κ2) is 10.4. The third kappa shape index (κ3) is 16.2. The highest BCUT2D eigenvalue weighted by molar-refractivity contribution is 7.50. The van der Waals surface area contributed by atoms with Crippen molar-refractivity contribution in [3.8, 4) is 0 Å². The van der Waals surface area contributed by atoms with Crippen LogP contribution in [0.1, 0.15) is 72.6 Å². The molecule has 0 fully saturated rings. The molecular formula is C15H32N2O8P2. The maximum Gasteiger partial charge on any atom is 0.400 e. The van der Waals surface area contributed by atoms with Gasteiger partial charge < -0.3 is 9.79 Å². The van der Waals surface area contributed by atoms with Crippen LogP contribution in [0.5, 0.6) is 0 Å². The number of hydrogen-bond donors (Lipinski definition) is 4. The molecule has 0 saturated heterocycles. The predicted octanol–water partition coefficient (Wildman–Crippen LogP) is 2.56. The third-order valence-electron chi connectivity index (χ3n) is 3.68. The van der Waals surface area contributed by atoms with Crippen molar-refractivity contribution in [2.24, 2.45) is 11.0 Å². The summed E-state index contributed by atoms with van der Waals surface area (Å²) < 4.78 is 31.8. The third-order valence-corrected chi connectivity index (χ3v) is 5.19. The fraction of sp³-hybridized carbons (Fsp3) is 0.867. The standard InChI is InChI=1S/C15H32N2O8P2/c1-14(2,24-26(16,20)21)10-8-12(18)6-5-7-13(19)9-11-15(3,4)25-27(17,22)23/h5-11H2,1-4H3,(H3,16,20,21)(H3,17,22,23). The highest BCUT2D eigenvalue weighted by Crippen LogP contribution is 2.40. The minimum atomic E-state index is -4.12. The second-order valence-electron chi connectivity index (χ2n) is 7.76. The largest absolute Gasteiger partial charge is 0.400 e. The molecule has 0 radical (unpaired) electrons. The minimum Gasteiger partial charge on any atom is -0.313 e. The van der Waals surface area contributed by atoms with Gasteiger partial charge >= 0.3 is 15.5 Å². The smallest absolute Gasteiger partial charge is 0.313 e. The molecule has 0 bridgehead atoms. The number of ketones is 2. The van der Waals surface area contributed by atoms with Crippen LogP contribution in [-0.4, -0.2) is 32.6 Å². The number of nitrogens with two attached hydrogens (primary N) is 2. The summed E-state index contributed by atoms with van der Waals surface area (Å²) >= 11 is 0. The van der Waals surface area contributed by atoms with Gasteiger partial charge in [-0.3, -0.25) is 18.6 Å². The molecule has 12 heteroatoms. The van der Waals surface area contributed by atoms with E-state index in [9.17, 15) is 18.7 Å². The monoisotopic (exact) mass is 430 g/mol. The molecule has 6 N–H and O–H groups in total. The van der Waals surface area contributed by atoms with Crippen molar-refractivity contribution >= 4 is 27.1 Å². The summed E-state index contributed by atoms with van der Waals surface area (Å²) in [6.07, 6.45) is 1.53. The molecule has 0 aliphatic heterocycles. The summed E-state index contributed by atoms with van der Waals surface area (Å²) in [6.45, 7) is 6.26. The summed E-state index contributed by atoms with van der Waals surface area (Å²) in [5.41, 5.74) is 7.89. The van der Waals surface area contributed by atoms with Gasteiger partial charge in [0.2, 0.25) is 0 Å². The molecule has 0 aliphatic carbocycles. The Hall–Kier alpha value is -0.440. The van der Waals surface area contributed by atoms with Gasteiger partial charge in [-0.15, -0.1) is 0 Å². The van der Waals surface area contributed by atoms with E-state index in [0.717, 1.165) is 0 Å². The van der Waals surface area contributed by atoms with Crippen molar-refractivity contribution in [1.29, 1.82) is 0 Å². The van der Waals surface area contributed by atoms with Gasteiger partial charge in [-0.2, -0.15) is 0 Å². The Kier molecular flexibility index (Phi) is 10.2. The molecule has 10 nitrogen and oxygen atoms in total. The fourth-order valence-electron chi connectivity index (χ4n) is 2.41. The molecule has 0 saturated carbocycles. The number of carbonyl (C=O) groups is 2. The number of carbonyl (C=O) groups excluding carboxylic acids is 2. The SMILES string of the molecule is CC(C)(CCC(=O)CCCC(=O)CCC(C)(C)OP(N)(=O)O)OP(N)(=O)O. The van der Waals surface area contributed by atoms with Crippen LogP contribution in [0.2, 0.25) is 0 Å². The first-order valence-electron chi connectivity index (χ1n) is 8.58. The Morgan fingerprint density at radius 1 is 0.778 bits per heavy atom. The molecule has 0 aromatic carbocycles. The van der Waals surface area contributed by atoms with E-state index in [0.29, 0.717) is 6.42 Å². The van der Waals surface area contributed by atoms with Gasteiger partial charge in [0, 0.05) is 25.7 Å². The molecular weight excluding hydrogens is 398 g/mol. The lowest BCUT2D eigenvalue weighted by Gasteiger charge is -2.25. The molecule has 0 aromatic rings. The summed E-state index contributed by atoms with van der Waals surface area (Å²) in [4.78, 5) is 41.8. The first-order chi connectivity index (χ1) is 11.9. The summed E-state index contributed by atoms with van der Waals surface area (Å²) in [5.74, 6) is -0.172. The lowest BCUT2D eigenvalue weighted by atomic mass is 9.97. The average molecular weight is 430 g/mol. The van der Waals surface area contributed by atoms with E-state index in [4.69, 9.17) is 29.8 Å². The molecule has 0 rings (SSSR count). The van der Waals surface area contributed by atoms with Gasteiger partial charge in [0.1, 0.15) is 11.6 Å². The molecule has 0 aliphatic rings. The van der Waals surface area contributed by atoms with Crippen molar-refractivity contribution in [2.45, 2.75) is 83.8 Å². The van der Waals surface area contributed by atoms with E-state index in [1.165, 1.54) is 0 Å². The Labute approximate surface area is 160 Å². The van der Waals surface area contributed by atoms with E-state index in [1.807, 2.05) is 0 Å². The molecule has 2 atom stereocenters. The number of Topliss-reactive ketones (excluding diaryl/α,β-unsaturated/α-hetero) is 2. The van der Waals surface area contributed by atoms with E-state index in [1.54, 1.807) is 27.7 Å². The normalized spacial score (nSPS) is 17.2. The van der Waals surface area contributed by atoms with Gasteiger partial charge in [0.05, 0.1) is 11.2 Å². The maximum absolute atomic E-state index is 11.9. The Bertz CT molecular complexity index is 557. The maximum atomic E-state index is 11.9. The van der Waals surface area contributed by atoms with E-state index in [2.05, 4.69) is 0 Å². The van der Waals surface area contributed by atoms with Crippen LogP contribution in [0.25, 0.3) is 0 Å². The first kappa shape index (κ1) is 26.6. The Morgan fingerprint density at radius 3 is 1.33 bits per heavy atom. The van der Waals surface area contributed by atoms with Gasteiger partial charge in [-0.25, -0.2) is 20.1 Å². The van der Waals surface area contributed by atoms with Crippen molar-refractivity contribution in [2.75, 3.05) is 0 Å². The van der Waals surface area contributed by atoms with Gasteiger partial charge in [0.25, 0.3) is 0 Å². The Morgan fingerprint density at radius 2 is 1.07 bits per heavy atom. The van der Waals surface area contributed by atoms with Crippen LogP contribution in [-0.2, 0) is 27.8 Å². The van der Waals surface area contributed by atoms with Gasteiger partial charge in [-0.05, 0) is 47.0 Å². The zero-order valence-corrected chi connectivity index (χ0v) is 18.1. The summed E-state index contributed by atoms with van der Waals surface area (Å²) in [6, 6.07) is 0. The summed E-state index contributed by atoms with van der Waals surface area (Å²) in [7, 11) is -8.25. The van der Waals surface area contributed by atoms with Crippen LogP contribution >= 0.6 is 15.5 Å². The van der Waals surface area contributed by atoms with Crippen LogP contribution in [0.15, 0.2) is 0 Å². The molecule has 0 amide bonds. The lowest BCUT2D eigenvalue weighted by molar-refractivity contribution is -0.121. The highest BCUT2D eigenvalue weighted by Gasteiger charge is 2.29. The number of rotatable bonds is 14. The molecule has 0 aromatic heterocycles. The van der Waals surface area contributed by atoms with Crippen LogP contribution in [0.4, 0.5) is 0 Å². The zero-order chi connectivity index (χ0) is 21.5. The zero-order valence-electron chi connectivity index (χ0n) is 16.3. The van der Waals surface area contributed by atoms with Crippen LogP contribution in [0, 0.1) is 0 Å². The highest BCUT2D eigenvalue weighted by atomic mass is 31.2. The first-order valence-corrected chi connectivity index (χ1v) is 11.9. The van der Waals surface area contributed by atoms with E-state index in [-0.39, 0.29) is 50.1 Å². The fourth-order valence-corrected chi connectivity index (χ4v) is 4.01. The molecule has 27 heavy (non-hydrogen) atoms. The molecule has 0 heterocycles. The van der Waals surface area contributed by atoms with Crippen molar-refractivity contribution < 1.29 is 37.6 Å². The second-order valence-corrected chi connectivity index (χ2v) is 10.4. The molecule has 160 valence electrons.